The van der Waals surface area contributed by atoms with Crippen molar-refractivity contribution in [2.75, 3.05) is 6.54 Å². The van der Waals surface area contributed by atoms with Crippen LogP contribution in [-0.2, 0) is 11.3 Å². The third kappa shape index (κ3) is 5.77. The largest absolute Gasteiger partial charge is 0.434 e. The van der Waals surface area contributed by atoms with Crippen LogP contribution in [0.25, 0.3) is 0 Å². The molecule has 0 bridgehead atoms. The number of carbonyl (C=O) groups is 1. The molecular formula is C15H21ClF2N2O2. The van der Waals surface area contributed by atoms with Crippen LogP contribution in [0.2, 0.25) is 0 Å². The lowest BCUT2D eigenvalue weighted by atomic mass is 10.1. The quantitative estimate of drug-likeness (QED) is 0.841. The summed E-state index contributed by atoms with van der Waals surface area (Å²) in [5.41, 5.74) is 1.49. The number of benzene rings is 1. The molecule has 1 aliphatic heterocycles. The van der Waals surface area contributed by atoms with Crippen molar-refractivity contribution in [2.24, 2.45) is 0 Å². The Balaban J connectivity index is 0.00000242. The Morgan fingerprint density at radius 3 is 2.91 bits per heavy atom. The first-order valence-electron chi connectivity index (χ1n) is 7.09. The number of hydrogen-bond donors (Lipinski definition) is 2. The second-order valence-corrected chi connectivity index (χ2v) is 5.26. The summed E-state index contributed by atoms with van der Waals surface area (Å²) >= 11 is 0. The lowest BCUT2D eigenvalue weighted by molar-refractivity contribution is -0.121. The first-order valence-corrected chi connectivity index (χ1v) is 7.09. The zero-order valence-corrected chi connectivity index (χ0v) is 13.2. The summed E-state index contributed by atoms with van der Waals surface area (Å²) in [6.07, 6.45) is 2.50. The van der Waals surface area contributed by atoms with Gasteiger partial charge in [-0.3, -0.25) is 4.79 Å². The van der Waals surface area contributed by atoms with Gasteiger partial charge in [0.05, 0.1) is 0 Å². The van der Waals surface area contributed by atoms with Crippen molar-refractivity contribution in [3.8, 4) is 5.75 Å². The molecule has 1 aromatic rings. The lowest BCUT2D eigenvalue weighted by Gasteiger charge is -2.14. The maximum atomic E-state index is 12.4. The third-order valence-electron chi connectivity index (χ3n) is 3.50. The summed E-state index contributed by atoms with van der Waals surface area (Å²) in [5, 5.41) is 6.01. The monoisotopic (exact) mass is 334 g/mol. The average molecular weight is 335 g/mol. The van der Waals surface area contributed by atoms with E-state index in [0.717, 1.165) is 24.9 Å². The maximum absolute atomic E-state index is 12.4. The van der Waals surface area contributed by atoms with Crippen LogP contribution in [0, 0.1) is 6.92 Å². The molecular weight excluding hydrogens is 314 g/mol. The highest BCUT2D eigenvalue weighted by molar-refractivity contribution is 5.85. The molecule has 0 aliphatic carbocycles. The molecule has 22 heavy (non-hydrogen) atoms. The Morgan fingerprint density at radius 2 is 2.27 bits per heavy atom. The number of nitrogens with one attached hydrogen (secondary N) is 2. The number of carbonyl (C=O) groups excluding carboxylic acids is 1. The van der Waals surface area contributed by atoms with E-state index in [-0.39, 0.29) is 36.7 Å². The molecule has 0 spiro atoms. The highest BCUT2D eigenvalue weighted by Crippen LogP contribution is 2.22. The Labute approximate surface area is 135 Å². The molecule has 1 saturated heterocycles. The molecule has 124 valence electrons. The van der Waals surface area contributed by atoms with Crippen molar-refractivity contribution in [1.82, 2.24) is 10.6 Å². The lowest BCUT2D eigenvalue weighted by Crippen LogP contribution is -2.31. The SMILES string of the molecule is Cc1ccc(OC(F)F)c(CNC(=O)CC2CCCN2)c1.Cl. The van der Waals surface area contributed by atoms with Gasteiger partial charge in [0, 0.05) is 24.6 Å². The van der Waals surface area contributed by atoms with Crippen LogP contribution in [0.1, 0.15) is 30.4 Å². The van der Waals surface area contributed by atoms with Gasteiger partial charge >= 0.3 is 6.61 Å². The standard InChI is InChI=1S/C15H20F2N2O2.ClH/c1-10-4-5-13(21-15(16)17)11(7-10)9-19-14(20)8-12-3-2-6-18-12;/h4-5,7,12,15,18H,2-3,6,8-9H2,1H3,(H,19,20);1H. The van der Waals surface area contributed by atoms with Crippen molar-refractivity contribution in [3.05, 3.63) is 29.3 Å². The van der Waals surface area contributed by atoms with E-state index >= 15 is 0 Å². The number of ether oxygens (including phenoxy) is 1. The zero-order chi connectivity index (χ0) is 15.2. The summed E-state index contributed by atoms with van der Waals surface area (Å²) in [4.78, 5) is 11.9. The van der Waals surface area contributed by atoms with Crippen LogP contribution in [0.5, 0.6) is 5.75 Å². The molecule has 1 amide bonds. The van der Waals surface area contributed by atoms with Crippen LogP contribution in [0.3, 0.4) is 0 Å². The van der Waals surface area contributed by atoms with Crippen molar-refractivity contribution >= 4 is 18.3 Å². The van der Waals surface area contributed by atoms with Gasteiger partial charge in [-0.05, 0) is 32.4 Å². The second kappa shape index (κ2) is 8.90. The minimum absolute atomic E-state index is 0. The molecule has 1 fully saturated rings. The van der Waals surface area contributed by atoms with E-state index in [4.69, 9.17) is 0 Å². The van der Waals surface area contributed by atoms with Gasteiger partial charge in [0.15, 0.2) is 0 Å². The Hall–Kier alpha value is -1.40. The fraction of sp³-hybridized carbons (Fsp3) is 0.533. The minimum atomic E-state index is -2.87. The summed E-state index contributed by atoms with van der Waals surface area (Å²) in [5.74, 6) is 0.0220. The molecule has 1 unspecified atom stereocenters. The van der Waals surface area contributed by atoms with Crippen LogP contribution in [-0.4, -0.2) is 25.1 Å². The highest BCUT2D eigenvalue weighted by atomic mass is 35.5. The molecule has 4 nitrogen and oxygen atoms in total. The van der Waals surface area contributed by atoms with Crippen molar-refractivity contribution in [2.45, 2.75) is 45.4 Å². The molecule has 1 atom stereocenters. The topological polar surface area (TPSA) is 50.4 Å². The first kappa shape index (κ1) is 18.6. The first-order chi connectivity index (χ1) is 10.0. The van der Waals surface area contributed by atoms with Crippen LogP contribution in [0.4, 0.5) is 8.78 Å². The van der Waals surface area contributed by atoms with Crippen LogP contribution in [0.15, 0.2) is 18.2 Å². The van der Waals surface area contributed by atoms with Gasteiger partial charge < -0.3 is 15.4 Å². The van der Waals surface area contributed by atoms with E-state index in [1.54, 1.807) is 12.1 Å². The fourth-order valence-electron chi connectivity index (χ4n) is 2.48. The van der Waals surface area contributed by atoms with E-state index in [2.05, 4.69) is 15.4 Å². The molecule has 1 heterocycles. The summed E-state index contributed by atoms with van der Waals surface area (Å²) in [6.45, 7) is 0.127. The highest BCUT2D eigenvalue weighted by Gasteiger charge is 2.18. The molecule has 2 rings (SSSR count). The summed E-state index contributed by atoms with van der Waals surface area (Å²) in [7, 11) is 0. The van der Waals surface area contributed by atoms with E-state index in [0.29, 0.717) is 12.0 Å². The molecule has 2 N–H and O–H groups in total. The minimum Gasteiger partial charge on any atom is -0.434 e. The molecule has 7 heteroatoms. The smallest absolute Gasteiger partial charge is 0.387 e. The van der Waals surface area contributed by atoms with Gasteiger partial charge in [-0.15, -0.1) is 12.4 Å². The zero-order valence-electron chi connectivity index (χ0n) is 12.4. The average Bonchev–Trinajstić information content (AvgIpc) is 2.91. The fourth-order valence-corrected chi connectivity index (χ4v) is 2.48. The van der Waals surface area contributed by atoms with E-state index in [1.807, 2.05) is 6.92 Å². The molecule has 0 saturated carbocycles. The van der Waals surface area contributed by atoms with Crippen LogP contribution >= 0.6 is 12.4 Å². The van der Waals surface area contributed by atoms with E-state index in [1.165, 1.54) is 6.07 Å². The van der Waals surface area contributed by atoms with Crippen molar-refractivity contribution in [3.63, 3.8) is 0 Å². The van der Waals surface area contributed by atoms with Gasteiger partial charge in [-0.2, -0.15) is 8.78 Å². The van der Waals surface area contributed by atoms with Gasteiger partial charge in [0.25, 0.3) is 0 Å². The number of amides is 1. The number of hydrogen-bond acceptors (Lipinski definition) is 3. The third-order valence-corrected chi connectivity index (χ3v) is 3.50. The molecule has 0 aromatic heterocycles. The van der Waals surface area contributed by atoms with Gasteiger partial charge in [-0.1, -0.05) is 17.7 Å². The van der Waals surface area contributed by atoms with Gasteiger partial charge in [-0.25, -0.2) is 0 Å². The molecule has 0 radical (unpaired) electrons. The van der Waals surface area contributed by atoms with Gasteiger partial charge in [0.1, 0.15) is 5.75 Å². The second-order valence-electron chi connectivity index (χ2n) is 5.26. The van der Waals surface area contributed by atoms with Crippen LogP contribution < -0.4 is 15.4 Å². The molecule has 1 aromatic carbocycles. The van der Waals surface area contributed by atoms with E-state index in [9.17, 15) is 13.6 Å². The Morgan fingerprint density at radius 1 is 1.50 bits per heavy atom. The molecule has 1 aliphatic rings. The summed E-state index contributed by atoms with van der Waals surface area (Å²) in [6, 6.07) is 5.16. The summed E-state index contributed by atoms with van der Waals surface area (Å²) < 4.78 is 29.2. The van der Waals surface area contributed by atoms with Gasteiger partial charge in [0.2, 0.25) is 5.91 Å². The number of alkyl halides is 2. The number of aryl methyl sites for hydroxylation is 1. The van der Waals surface area contributed by atoms with Crippen molar-refractivity contribution in [1.29, 1.82) is 0 Å². The Bertz CT molecular complexity index is 494. The normalized spacial score (nSPS) is 17.2. The number of rotatable bonds is 6. The van der Waals surface area contributed by atoms with E-state index < -0.39 is 6.61 Å². The Kier molecular flexibility index (Phi) is 7.55. The van der Waals surface area contributed by atoms with Crippen molar-refractivity contribution < 1.29 is 18.3 Å². The maximum Gasteiger partial charge on any atom is 0.387 e. The number of halogens is 3. The predicted molar refractivity (Wildman–Crippen MR) is 82.5 cm³/mol. The predicted octanol–water partition coefficient (Wildman–Crippen LogP) is 2.78.